The van der Waals surface area contributed by atoms with E-state index < -0.39 is 17.7 Å². The van der Waals surface area contributed by atoms with E-state index in [2.05, 4.69) is 17.1 Å². The van der Waals surface area contributed by atoms with Gasteiger partial charge in [-0.05, 0) is 55.8 Å². The van der Waals surface area contributed by atoms with Crippen molar-refractivity contribution >= 4 is 0 Å². The van der Waals surface area contributed by atoms with Gasteiger partial charge < -0.3 is 15.8 Å². The predicted octanol–water partition coefficient (Wildman–Crippen LogP) is 2.44. The highest BCUT2D eigenvalue weighted by Gasteiger charge is 2.44. The minimum Gasteiger partial charge on any atom is -0.370 e. The van der Waals surface area contributed by atoms with Gasteiger partial charge in [0, 0.05) is 36.8 Å². The van der Waals surface area contributed by atoms with Crippen LogP contribution in [0.3, 0.4) is 0 Å². The molecule has 0 spiro atoms. The van der Waals surface area contributed by atoms with E-state index in [1.165, 1.54) is 18.9 Å². The van der Waals surface area contributed by atoms with Gasteiger partial charge in [-0.15, -0.1) is 0 Å². The number of benzene rings is 1. The molecule has 2 heterocycles. The first-order chi connectivity index (χ1) is 12.5. The summed E-state index contributed by atoms with van der Waals surface area (Å²) in [7, 11) is 0. The molecule has 2 aliphatic heterocycles. The van der Waals surface area contributed by atoms with E-state index >= 15 is 0 Å². The highest BCUT2D eigenvalue weighted by Crippen LogP contribution is 2.40. The fourth-order valence-corrected chi connectivity index (χ4v) is 5.24. The highest BCUT2D eigenvalue weighted by atomic mass is 19.1. The maximum atomic E-state index is 14.1. The van der Waals surface area contributed by atoms with Gasteiger partial charge in [-0.3, -0.25) is 4.90 Å². The van der Waals surface area contributed by atoms with Crippen molar-refractivity contribution in [3.8, 4) is 0 Å². The maximum absolute atomic E-state index is 14.1. The first kappa shape index (κ1) is 18.3. The molecular weight excluding hydrogens is 336 g/mol. The smallest absolute Gasteiger partial charge is 0.129 e. The molecule has 1 aromatic rings. The molecule has 0 radical (unpaired) electrons. The maximum Gasteiger partial charge on any atom is 0.129 e. The van der Waals surface area contributed by atoms with E-state index in [0.29, 0.717) is 12.6 Å². The molecule has 2 unspecified atom stereocenters. The van der Waals surface area contributed by atoms with Crippen molar-refractivity contribution in [2.75, 3.05) is 26.2 Å². The lowest BCUT2D eigenvalue weighted by atomic mass is 9.93. The second-order valence-electron chi connectivity index (χ2n) is 8.17. The summed E-state index contributed by atoms with van der Waals surface area (Å²) in [6, 6.07) is 4.11. The van der Waals surface area contributed by atoms with Gasteiger partial charge in [0.05, 0.1) is 6.61 Å². The SMILES string of the molecule is CCNC1CC2CN([C@H]3CO[C@H](c4cc(F)ccc4F)[C@@H](N)C3)CC2C1. The van der Waals surface area contributed by atoms with Crippen molar-refractivity contribution in [3.05, 3.63) is 35.4 Å². The first-order valence-corrected chi connectivity index (χ1v) is 9.84. The summed E-state index contributed by atoms with van der Waals surface area (Å²) >= 11 is 0. The van der Waals surface area contributed by atoms with E-state index in [1.54, 1.807) is 0 Å². The third-order valence-electron chi connectivity index (χ3n) is 6.45. The molecule has 1 saturated carbocycles. The molecular formula is C20H29F2N3O. The van der Waals surface area contributed by atoms with Crippen LogP contribution in [0.15, 0.2) is 18.2 Å². The van der Waals surface area contributed by atoms with Gasteiger partial charge in [-0.2, -0.15) is 0 Å². The Bertz CT molecular complexity index is 629. The lowest BCUT2D eigenvalue weighted by Gasteiger charge is -2.39. The van der Waals surface area contributed by atoms with Crippen molar-refractivity contribution < 1.29 is 13.5 Å². The van der Waals surface area contributed by atoms with Crippen molar-refractivity contribution in [2.45, 2.75) is 50.4 Å². The molecule has 4 rings (SSSR count). The van der Waals surface area contributed by atoms with Gasteiger partial charge in [0.15, 0.2) is 0 Å². The largest absolute Gasteiger partial charge is 0.370 e. The van der Waals surface area contributed by atoms with Gasteiger partial charge in [0.2, 0.25) is 0 Å². The lowest BCUT2D eigenvalue weighted by Crippen LogP contribution is -2.49. The van der Waals surface area contributed by atoms with Crippen LogP contribution >= 0.6 is 0 Å². The highest BCUT2D eigenvalue weighted by molar-refractivity contribution is 5.23. The second kappa shape index (κ2) is 7.50. The van der Waals surface area contributed by atoms with Crippen molar-refractivity contribution in [3.63, 3.8) is 0 Å². The number of fused-ring (bicyclic) bond motifs is 1. The molecule has 6 heteroatoms. The van der Waals surface area contributed by atoms with Crippen LogP contribution in [-0.4, -0.2) is 49.3 Å². The molecule has 0 bridgehead atoms. The second-order valence-corrected chi connectivity index (χ2v) is 8.17. The van der Waals surface area contributed by atoms with E-state index in [4.69, 9.17) is 10.5 Å². The zero-order valence-corrected chi connectivity index (χ0v) is 15.3. The number of ether oxygens (including phenoxy) is 1. The number of hydrogen-bond donors (Lipinski definition) is 2. The lowest BCUT2D eigenvalue weighted by molar-refractivity contribution is -0.0485. The fourth-order valence-electron chi connectivity index (χ4n) is 5.24. The molecule has 3 aliphatic rings. The van der Waals surface area contributed by atoms with Crippen LogP contribution in [0.2, 0.25) is 0 Å². The van der Waals surface area contributed by atoms with Gasteiger partial charge in [0.1, 0.15) is 17.7 Å². The molecule has 3 N–H and O–H groups in total. The van der Waals surface area contributed by atoms with Crippen LogP contribution in [0.4, 0.5) is 8.78 Å². The van der Waals surface area contributed by atoms with Crippen LogP contribution in [0, 0.1) is 23.5 Å². The van der Waals surface area contributed by atoms with Crippen LogP contribution < -0.4 is 11.1 Å². The van der Waals surface area contributed by atoms with Gasteiger partial charge in [-0.25, -0.2) is 8.78 Å². The molecule has 3 fully saturated rings. The minimum atomic E-state index is -0.567. The summed E-state index contributed by atoms with van der Waals surface area (Å²) in [5.74, 6) is 0.611. The van der Waals surface area contributed by atoms with Crippen LogP contribution in [0.5, 0.6) is 0 Å². The summed E-state index contributed by atoms with van der Waals surface area (Å²) in [4.78, 5) is 2.51. The van der Waals surface area contributed by atoms with Gasteiger partial charge >= 0.3 is 0 Å². The zero-order valence-electron chi connectivity index (χ0n) is 15.3. The summed E-state index contributed by atoms with van der Waals surface area (Å²) in [6.07, 6.45) is 2.70. The fraction of sp³-hybridized carbons (Fsp3) is 0.700. The standard InChI is InChI=1S/C20H29F2N3O/c1-2-24-15-5-12-9-25(10-13(12)6-15)16-8-19(23)20(26-11-16)17-7-14(21)3-4-18(17)22/h3-4,7,12-13,15-16,19-20,24H,2,5-6,8-11,23H2,1H3/t12?,13?,15?,16-,19+,20-/m1/s1. The average Bonchev–Trinajstić information content (AvgIpc) is 3.16. The third-order valence-corrected chi connectivity index (χ3v) is 6.45. The Labute approximate surface area is 154 Å². The number of halogens is 2. The van der Waals surface area contributed by atoms with Crippen LogP contribution in [0.1, 0.15) is 37.9 Å². The molecule has 4 nitrogen and oxygen atoms in total. The monoisotopic (exact) mass is 365 g/mol. The quantitative estimate of drug-likeness (QED) is 0.861. The third kappa shape index (κ3) is 3.52. The number of nitrogens with one attached hydrogen (secondary N) is 1. The number of likely N-dealkylation sites (tertiary alicyclic amines) is 1. The Hall–Kier alpha value is -1.08. The molecule has 144 valence electrons. The molecule has 1 aliphatic carbocycles. The average molecular weight is 365 g/mol. The molecule has 1 aromatic carbocycles. The summed E-state index contributed by atoms with van der Waals surface area (Å²) in [5.41, 5.74) is 6.55. The van der Waals surface area contributed by atoms with E-state index in [-0.39, 0.29) is 17.6 Å². The molecule has 2 saturated heterocycles. The normalized spacial score (nSPS) is 37.8. The van der Waals surface area contributed by atoms with Gasteiger partial charge in [0.25, 0.3) is 0 Å². The Morgan fingerprint density at radius 2 is 1.92 bits per heavy atom. The Kier molecular flexibility index (Phi) is 5.28. The number of nitrogens with two attached hydrogens (primary N) is 1. The van der Waals surface area contributed by atoms with Crippen LogP contribution in [0.25, 0.3) is 0 Å². The molecule has 26 heavy (non-hydrogen) atoms. The van der Waals surface area contributed by atoms with E-state index in [0.717, 1.165) is 50.0 Å². The summed E-state index contributed by atoms with van der Waals surface area (Å²) in [5, 5.41) is 3.58. The van der Waals surface area contributed by atoms with E-state index in [9.17, 15) is 8.78 Å². The minimum absolute atomic E-state index is 0.239. The molecule has 5 atom stereocenters. The van der Waals surface area contributed by atoms with Crippen molar-refractivity contribution in [1.29, 1.82) is 0 Å². The van der Waals surface area contributed by atoms with Crippen molar-refractivity contribution in [1.82, 2.24) is 10.2 Å². The first-order valence-electron chi connectivity index (χ1n) is 9.84. The molecule has 0 amide bonds. The number of nitrogens with zero attached hydrogens (tertiary/aromatic N) is 1. The summed E-state index contributed by atoms with van der Waals surface area (Å²) in [6.45, 7) is 5.94. The molecule has 0 aromatic heterocycles. The predicted molar refractivity (Wildman–Crippen MR) is 96.7 cm³/mol. The van der Waals surface area contributed by atoms with E-state index in [1.807, 2.05) is 0 Å². The van der Waals surface area contributed by atoms with Crippen LogP contribution in [-0.2, 0) is 4.74 Å². The Balaban J connectivity index is 1.36. The summed E-state index contributed by atoms with van der Waals surface area (Å²) < 4.78 is 33.5. The number of hydrogen-bond acceptors (Lipinski definition) is 4. The van der Waals surface area contributed by atoms with Crippen molar-refractivity contribution in [2.24, 2.45) is 17.6 Å². The Morgan fingerprint density at radius 1 is 1.19 bits per heavy atom. The topological polar surface area (TPSA) is 50.5 Å². The van der Waals surface area contributed by atoms with Gasteiger partial charge in [-0.1, -0.05) is 6.92 Å². The zero-order chi connectivity index (χ0) is 18.3. The Morgan fingerprint density at radius 3 is 2.58 bits per heavy atom. The number of rotatable bonds is 4.